The Hall–Kier alpha value is -2.11. The molecule has 0 radical (unpaired) electrons. The summed E-state index contributed by atoms with van der Waals surface area (Å²) in [6.07, 6.45) is 9.13. The normalized spacial score (nSPS) is 15.8. The van der Waals surface area contributed by atoms with E-state index in [1.165, 1.54) is 48.9 Å². The Balaban J connectivity index is 1.65. The van der Waals surface area contributed by atoms with Gasteiger partial charge in [0.05, 0.1) is 0 Å². The van der Waals surface area contributed by atoms with Gasteiger partial charge in [-0.15, -0.1) is 0 Å². The Morgan fingerprint density at radius 1 is 1.19 bits per heavy atom. The van der Waals surface area contributed by atoms with Gasteiger partial charge >= 0.3 is 5.97 Å². The van der Waals surface area contributed by atoms with Crippen molar-refractivity contribution in [2.75, 3.05) is 19.7 Å². The zero-order valence-corrected chi connectivity index (χ0v) is 19.8. The van der Waals surface area contributed by atoms with Gasteiger partial charge in [-0.3, -0.25) is 9.69 Å². The molecule has 1 N–H and O–H groups in total. The van der Waals surface area contributed by atoms with E-state index >= 15 is 0 Å². The predicted molar refractivity (Wildman–Crippen MR) is 128 cm³/mol. The molecule has 0 bridgehead atoms. The molecular weight excluding hydrogens is 400 g/mol. The van der Waals surface area contributed by atoms with Crippen LogP contribution in [-0.4, -0.2) is 46.3 Å². The molecule has 1 unspecified atom stereocenters. The molecule has 1 aromatic heterocycles. The number of benzene rings is 1. The summed E-state index contributed by atoms with van der Waals surface area (Å²) < 4.78 is 7.57. The van der Waals surface area contributed by atoms with E-state index in [1.807, 2.05) is 6.92 Å². The Morgan fingerprint density at radius 3 is 2.72 bits per heavy atom. The summed E-state index contributed by atoms with van der Waals surface area (Å²) in [6.45, 7) is 7.32. The van der Waals surface area contributed by atoms with E-state index < -0.39 is 6.10 Å². The van der Waals surface area contributed by atoms with Crippen molar-refractivity contribution in [1.82, 2.24) is 9.47 Å². The van der Waals surface area contributed by atoms with Crippen LogP contribution in [0.25, 0.3) is 0 Å². The average Bonchev–Trinajstić information content (AvgIpc) is 3.21. The van der Waals surface area contributed by atoms with Crippen LogP contribution in [0.1, 0.15) is 68.7 Å². The second-order valence-electron chi connectivity index (χ2n) is 9.34. The maximum Gasteiger partial charge on any atom is 0.305 e. The Morgan fingerprint density at radius 2 is 1.97 bits per heavy atom. The minimum Gasteiger partial charge on any atom is -0.463 e. The number of rotatable bonds is 12. The molecule has 1 atom stereocenters. The number of aliphatic hydroxyl groups is 1. The van der Waals surface area contributed by atoms with Crippen molar-refractivity contribution in [2.45, 2.75) is 78.0 Å². The summed E-state index contributed by atoms with van der Waals surface area (Å²) >= 11 is 0. The lowest BCUT2D eigenvalue weighted by Gasteiger charge is -2.31. The molecule has 5 heteroatoms. The lowest BCUT2D eigenvalue weighted by Crippen LogP contribution is -2.38. The number of hydrogen-bond donors (Lipinski definition) is 1. The highest BCUT2D eigenvalue weighted by Gasteiger charge is 2.21. The number of ether oxygens (including phenoxy) is 1. The van der Waals surface area contributed by atoms with Gasteiger partial charge in [-0.05, 0) is 55.4 Å². The number of aliphatic hydroxyl groups excluding tert-OH is 1. The molecule has 32 heavy (non-hydrogen) atoms. The zero-order valence-electron chi connectivity index (χ0n) is 19.8. The quantitative estimate of drug-likeness (QED) is 0.476. The molecule has 1 aliphatic carbocycles. The second kappa shape index (κ2) is 12.8. The third-order valence-electron chi connectivity index (χ3n) is 6.51. The van der Waals surface area contributed by atoms with Gasteiger partial charge in [0.2, 0.25) is 0 Å². The van der Waals surface area contributed by atoms with Crippen molar-refractivity contribution in [3.05, 3.63) is 59.4 Å². The third-order valence-corrected chi connectivity index (χ3v) is 6.51. The first-order valence-electron chi connectivity index (χ1n) is 12.3. The fourth-order valence-electron chi connectivity index (χ4n) is 4.70. The van der Waals surface area contributed by atoms with Gasteiger partial charge in [0, 0.05) is 44.5 Å². The number of hydrogen-bond acceptors (Lipinski definition) is 4. The number of carbonyl (C=O) groups excluding carboxylic acids is 1. The molecule has 1 aliphatic rings. The van der Waals surface area contributed by atoms with Gasteiger partial charge in [-0.1, -0.05) is 50.5 Å². The number of aromatic nitrogens is 1. The highest BCUT2D eigenvalue weighted by Crippen LogP contribution is 2.25. The van der Waals surface area contributed by atoms with Crippen LogP contribution >= 0.6 is 0 Å². The monoisotopic (exact) mass is 440 g/mol. The summed E-state index contributed by atoms with van der Waals surface area (Å²) in [7, 11) is 0. The van der Waals surface area contributed by atoms with Crippen LogP contribution in [0.4, 0.5) is 0 Å². The van der Waals surface area contributed by atoms with Crippen LogP contribution in [0.15, 0.2) is 42.6 Å². The van der Waals surface area contributed by atoms with Crippen LogP contribution in [0, 0.1) is 12.8 Å². The van der Waals surface area contributed by atoms with Crippen LogP contribution < -0.4 is 0 Å². The molecular formula is C27H40N2O3. The first-order valence-corrected chi connectivity index (χ1v) is 12.3. The van der Waals surface area contributed by atoms with Crippen molar-refractivity contribution in [1.29, 1.82) is 0 Å². The van der Waals surface area contributed by atoms with Crippen molar-refractivity contribution in [3.8, 4) is 0 Å². The molecule has 0 aliphatic heterocycles. The third kappa shape index (κ3) is 7.79. The lowest BCUT2D eigenvalue weighted by molar-refractivity contribution is -0.147. The number of carbonyl (C=O) groups is 1. The van der Waals surface area contributed by atoms with Crippen molar-refractivity contribution in [3.63, 3.8) is 0 Å². The van der Waals surface area contributed by atoms with E-state index in [9.17, 15) is 9.90 Å². The van der Waals surface area contributed by atoms with Crippen molar-refractivity contribution < 1.29 is 14.6 Å². The van der Waals surface area contributed by atoms with Crippen molar-refractivity contribution >= 4 is 5.97 Å². The standard InChI is InChI=1S/C27H40N2O3/c1-3-10-27(31)32-21-26(30)20-28(17-23-12-5-4-6-13-23)19-25-15-9-16-29(25)18-24-14-8-7-11-22(24)2/h7-9,11,14-16,23,26,30H,3-6,10,12-13,17-21H2,1-2H3. The van der Waals surface area contributed by atoms with Gasteiger partial charge in [-0.2, -0.15) is 0 Å². The van der Waals surface area contributed by atoms with Crippen LogP contribution in [0.5, 0.6) is 0 Å². The van der Waals surface area contributed by atoms with E-state index in [-0.39, 0.29) is 12.6 Å². The topological polar surface area (TPSA) is 54.7 Å². The minimum absolute atomic E-state index is 0.0736. The second-order valence-corrected chi connectivity index (χ2v) is 9.34. The summed E-state index contributed by atoms with van der Waals surface area (Å²) in [6, 6.07) is 12.8. The maximum atomic E-state index is 11.7. The van der Waals surface area contributed by atoms with Gasteiger partial charge in [0.25, 0.3) is 0 Å². The van der Waals surface area contributed by atoms with E-state index in [0.717, 1.165) is 26.1 Å². The zero-order chi connectivity index (χ0) is 22.8. The van der Waals surface area contributed by atoms with Gasteiger partial charge in [0.15, 0.2) is 0 Å². The molecule has 1 heterocycles. The predicted octanol–water partition coefficient (Wildman–Crippen LogP) is 4.93. The average molecular weight is 441 g/mol. The number of esters is 1. The van der Waals surface area contributed by atoms with Crippen molar-refractivity contribution in [2.24, 2.45) is 5.92 Å². The van der Waals surface area contributed by atoms with E-state index in [1.54, 1.807) is 0 Å². The van der Waals surface area contributed by atoms with Gasteiger partial charge < -0.3 is 14.4 Å². The summed E-state index contributed by atoms with van der Waals surface area (Å²) in [5, 5.41) is 10.6. The molecule has 0 spiro atoms. The molecule has 1 aromatic carbocycles. The number of aryl methyl sites for hydroxylation is 1. The molecule has 176 valence electrons. The summed E-state index contributed by atoms with van der Waals surface area (Å²) in [5.74, 6) is 0.454. The highest BCUT2D eigenvalue weighted by atomic mass is 16.5. The van der Waals surface area contributed by atoms with Crippen LogP contribution in [0.3, 0.4) is 0 Å². The van der Waals surface area contributed by atoms with E-state index in [2.05, 4.69) is 59.0 Å². The highest BCUT2D eigenvalue weighted by molar-refractivity contribution is 5.69. The lowest BCUT2D eigenvalue weighted by atomic mass is 9.89. The van der Waals surface area contributed by atoms with Gasteiger partial charge in [-0.25, -0.2) is 0 Å². The molecule has 0 saturated heterocycles. The Labute approximate surface area is 193 Å². The van der Waals surface area contributed by atoms with E-state index in [0.29, 0.717) is 18.9 Å². The molecule has 3 rings (SSSR count). The fraction of sp³-hybridized carbons (Fsp3) is 0.593. The fourth-order valence-corrected chi connectivity index (χ4v) is 4.70. The minimum atomic E-state index is -0.667. The Kier molecular flexibility index (Phi) is 9.82. The molecule has 0 amide bonds. The smallest absolute Gasteiger partial charge is 0.305 e. The molecule has 1 fully saturated rings. The molecule has 5 nitrogen and oxygen atoms in total. The molecule has 2 aromatic rings. The first kappa shape index (κ1) is 24.5. The SMILES string of the molecule is CCCC(=O)OCC(O)CN(Cc1cccn1Cc1ccccc1C)CC1CCCCC1. The van der Waals surface area contributed by atoms with Crippen LogP contribution in [0.2, 0.25) is 0 Å². The van der Waals surface area contributed by atoms with E-state index in [4.69, 9.17) is 4.74 Å². The number of nitrogens with zero attached hydrogens (tertiary/aromatic N) is 2. The maximum absolute atomic E-state index is 11.7. The summed E-state index contributed by atoms with van der Waals surface area (Å²) in [4.78, 5) is 14.1. The first-order chi connectivity index (χ1) is 15.5. The Bertz CT molecular complexity index is 826. The van der Waals surface area contributed by atoms with Gasteiger partial charge in [0.1, 0.15) is 12.7 Å². The van der Waals surface area contributed by atoms with Crippen LogP contribution in [-0.2, 0) is 22.6 Å². The molecule has 1 saturated carbocycles. The summed E-state index contributed by atoms with van der Waals surface area (Å²) in [5.41, 5.74) is 3.88. The largest absolute Gasteiger partial charge is 0.463 e.